The van der Waals surface area contributed by atoms with Crippen LogP contribution in [0.3, 0.4) is 0 Å². The molecule has 3 N–H and O–H groups in total. The summed E-state index contributed by atoms with van der Waals surface area (Å²) in [5.74, 6) is 0.0772. The number of para-hydroxylation sites is 1. The first kappa shape index (κ1) is 16.5. The number of piperidine rings is 1. The molecule has 0 spiro atoms. The smallest absolute Gasteiger partial charge is 0.339 e. The number of aromatic hydroxyl groups is 1. The largest absolute Gasteiger partial charge is 0.507 e. The van der Waals surface area contributed by atoms with Crippen LogP contribution in [0.25, 0.3) is 11.0 Å². The third-order valence-electron chi connectivity index (χ3n) is 5.04. The molecule has 1 aromatic heterocycles. The highest BCUT2D eigenvalue weighted by Crippen LogP contribution is 2.44. The van der Waals surface area contributed by atoms with Crippen molar-refractivity contribution in [3.05, 3.63) is 65.5 Å². The van der Waals surface area contributed by atoms with E-state index in [-0.39, 0.29) is 11.3 Å². The molecule has 6 heteroatoms. The number of hydrogen-bond acceptors (Lipinski definition) is 5. The van der Waals surface area contributed by atoms with Crippen molar-refractivity contribution in [3.8, 4) is 5.75 Å². The topological polar surface area (TPSA) is 95.3 Å². The Hall–Kier alpha value is -2.99. The third kappa shape index (κ3) is 2.99. The Morgan fingerprint density at radius 2 is 1.58 bits per heavy atom. The molecule has 0 saturated carbocycles. The van der Waals surface area contributed by atoms with E-state index in [2.05, 4.69) is 27.4 Å². The van der Waals surface area contributed by atoms with Crippen LogP contribution in [0.4, 0.5) is 0 Å². The number of carboxylic acid groups (broad SMARTS) is 1. The molecule has 26 heavy (non-hydrogen) atoms. The average molecular weight is 349 g/mol. The van der Waals surface area contributed by atoms with E-state index in [4.69, 9.17) is 10.2 Å². The molecule has 2 atom stereocenters. The van der Waals surface area contributed by atoms with Crippen LogP contribution >= 0.6 is 0 Å². The molecule has 3 aromatic rings. The molecule has 0 radical (unpaired) electrons. The molecule has 6 nitrogen and oxygen atoms in total. The molecule has 2 heterocycles. The van der Waals surface area contributed by atoms with Crippen molar-refractivity contribution in [1.29, 1.82) is 0 Å². The molecule has 132 valence electrons. The quantitative estimate of drug-likeness (QED) is 0.625. The fourth-order valence-electron chi connectivity index (χ4n) is 3.82. The lowest BCUT2D eigenvalue weighted by molar-refractivity contribution is 0.0693. The zero-order chi connectivity index (χ0) is 18.1. The average Bonchev–Trinajstić information content (AvgIpc) is 2.90. The van der Waals surface area contributed by atoms with Gasteiger partial charge in [0.05, 0.1) is 11.0 Å². The number of carboxylic acids is 1. The van der Waals surface area contributed by atoms with E-state index in [0.717, 1.165) is 24.1 Å². The van der Waals surface area contributed by atoms with Crippen LogP contribution in [-0.4, -0.2) is 39.2 Å². The van der Waals surface area contributed by atoms with Gasteiger partial charge in [-0.3, -0.25) is 9.97 Å². The summed E-state index contributed by atoms with van der Waals surface area (Å²) < 4.78 is 0. The summed E-state index contributed by atoms with van der Waals surface area (Å²) >= 11 is 0. The van der Waals surface area contributed by atoms with Crippen molar-refractivity contribution in [2.45, 2.75) is 18.3 Å². The van der Waals surface area contributed by atoms with Gasteiger partial charge in [-0.25, -0.2) is 4.79 Å². The van der Waals surface area contributed by atoms with Gasteiger partial charge in [-0.05, 0) is 53.6 Å². The Morgan fingerprint density at radius 1 is 1.00 bits per heavy atom. The lowest BCUT2D eigenvalue weighted by Gasteiger charge is -2.19. The number of aromatic nitrogens is 2. The van der Waals surface area contributed by atoms with Crippen LogP contribution in [0.15, 0.2) is 48.8 Å². The SMILES string of the molecule is O=C(O)c1ccccc1O.c1cnc2cc3c(cc2n1)[C@@H]1CNC[C@H]3C1. The minimum atomic E-state index is -1.11. The van der Waals surface area contributed by atoms with Gasteiger partial charge in [0.25, 0.3) is 0 Å². The van der Waals surface area contributed by atoms with Gasteiger partial charge in [0.1, 0.15) is 11.3 Å². The minimum Gasteiger partial charge on any atom is -0.507 e. The van der Waals surface area contributed by atoms with Crippen molar-refractivity contribution in [1.82, 2.24) is 15.3 Å². The number of hydrogen-bond donors (Lipinski definition) is 3. The highest BCUT2D eigenvalue weighted by atomic mass is 16.4. The summed E-state index contributed by atoms with van der Waals surface area (Å²) in [6.45, 7) is 2.24. The maximum absolute atomic E-state index is 10.3. The van der Waals surface area contributed by atoms with E-state index in [1.54, 1.807) is 24.5 Å². The number of phenols is 1. The standard InChI is InChI=1S/C13H13N3.C7H6O3/c1-2-16-13-5-11-9-3-8(6-14-7-9)10(11)4-12(13)15-1;8-6-4-2-1-3-5(6)7(9)10/h1-2,4-5,8-9,14H,3,6-7H2;1-4,8H,(H,9,10)/t8-,9+;. The minimum absolute atomic E-state index is 0.0671. The van der Waals surface area contributed by atoms with Crippen molar-refractivity contribution < 1.29 is 15.0 Å². The lowest BCUT2D eigenvalue weighted by atomic mass is 9.98. The number of rotatable bonds is 1. The van der Waals surface area contributed by atoms with Crippen molar-refractivity contribution in [2.24, 2.45) is 0 Å². The highest BCUT2D eigenvalue weighted by Gasteiger charge is 2.34. The van der Waals surface area contributed by atoms with Gasteiger partial charge in [0.15, 0.2) is 0 Å². The maximum atomic E-state index is 10.3. The third-order valence-corrected chi connectivity index (χ3v) is 5.04. The Balaban J connectivity index is 0.000000146. The molecular weight excluding hydrogens is 330 g/mol. The molecule has 2 aromatic carbocycles. The summed E-state index contributed by atoms with van der Waals surface area (Å²) in [6.07, 6.45) is 4.85. The summed E-state index contributed by atoms with van der Waals surface area (Å²) in [4.78, 5) is 19.0. The van der Waals surface area contributed by atoms with Gasteiger partial charge in [0.2, 0.25) is 0 Å². The Morgan fingerprint density at radius 3 is 2.08 bits per heavy atom. The second-order valence-electron chi connectivity index (χ2n) is 6.64. The molecule has 2 bridgehead atoms. The zero-order valence-corrected chi connectivity index (χ0v) is 14.1. The number of nitrogens with zero attached hydrogens (tertiary/aromatic N) is 2. The fraction of sp³-hybridized carbons (Fsp3) is 0.250. The Bertz CT molecular complexity index is 925. The van der Waals surface area contributed by atoms with Crippen LogP contribution in [0.2, 0.25) is 0 Å². The molecule has 1 saturated heterocycles. The van der Waals surface area contributed by atoms with Gasteiger partial charge >= 0.3 is 5.97 Å². The molecular formula is C20H19N3O3. The van der Waals surface area contributed by atoms with Gasteiger partial charge in [-0.15, -0.1) is 0 Å². The van der Waals surface area contributed by atoms with Crippen LogP contribution in [0.5, 0.6) is 5.75 Å². The van der Waals surface area contributed by atoms with Crippen molar-refractivity contribution in [2.75, 3.05) is 13.1 Å². The second kappa shape index (κ2) is 6.72. The molecule has 1 fully saturated rings. The van der Waals surface area contributed by atoms with E-state index in [0.29, 0.717) is 11.8 Å². The van der Waals surface area contributed by atoms with Crippen LogP contribution in [0, 0.1) is 0 Å². The maximum Gasteiger partial charge on any atom is 0.339 e. The summed E-state index contributed by atoms with van der Waals surface area (Å²) in [6, 6.07) is 10.3. The first-order valence-electron chi connectivity index (χ1n) is 8.60. The fourth-order valence-corrected chi connectivity index (χ4v) is 3.82. The van der Waals surface area contributed by atoms with Gasteiger partial charge in [0, 0.05) is 25.5 Å². The molecule has 0 unspecified atom stereocenters. The monoisotopic (exact) mass is 349 g/mol. The molecule has 1 aliphatic heterocycles. The molecule has 1 aliphatic carbocycles. The van der Waals surface area contributed by atoms with Crippen LogP contribution in [0.1, 0.15) is 39.7 Å². The van der Waals surface area contributed by atoms with E-state index < -0.39 is 5.97 Å². The first-order valence-corrected chi connectivity index (χ1v) is 8.60. The highest BCUT2D eigenvalue weighted by molar-refractivity contribution is 5.90. The zero-order valence-electron chi connectivity index (χ0n) is 14.1. The van der Waals surface area contributed by atoms with Gasteiger partial charge < -0.3 is 15.5 Å². The van der Waals surface area contributed by atoms with Crippen LogP contribution < -0.4 is 5.32 Å². The summed E-state index contributed by atoms with van der Waals surface area (Å²) in [7, 11) is 0. The first-order chi connectivity index (χ1) is 12.6. The summed E-state index contributed by atoms with van der Waals surface area (Å²) in [5.41, 5.74) is 5.01. The molecule has 5 rings (SSSR count). The molecule has 2 aliphatic rings. The van der Waals surface area contributed by atoms with E-state index in [1.165, 1.54) is 29.7 Å². The number of fused-ring (bicyclic) bond motifs is 6. The van der Waals surface area contributed by atoms with E-state index in [9.17, 15) is 4.79 Å². The van der Waals surface area contributed by atoms with E-state index >= 15 is 0 Å². The predicted molar refractivity (Wildman–Crippen MR) is 97.6 cm³/mol. The summed E-state index contributed by atoms with van der Waals surface area (Å²) in [5, 5.41) is 20.8. The lowest BCUT2D eigenvalue weighted by Crippen LogP contribution is -2.28. The normalized spacial score (nSPS) is 20.2. The number of nitrogens with one attached hydrogen (secondary N) is 1. The van der Waals surface area contributed by atoms with Gasteiger partial charge in [-0.1, -0.05) is 12.1 Å². The second-order valence-corrected chi connectivity index (χ2v) is 6.64. The predicted octanol–water partition coefficient (Wildman–Crippen LogP) is 2.89. The molecule has 0 amide bonds. The number of benzene rings is 2. The van der Waals surface area contributed by atoms with Crippen LogP contribution in [-0.2, 0) is 0 Å². The van der Waals surface area contributed by atoms with Crippen molar-refractivity contribution in [3.63, 3.8) is 0 Å². The number of aromatic carboxylic acids is 1. The van der Waals surface area contributed by atoms with E-state index in [1.807, 2.05) is 0 Å². The Labute approximate surface area is 150 Å². The Kier molecular flexibility index (Phi) is 4.26. The number of carbonyl (C=O) groups is 1. The van der Waals surface area contributed by atoms with Crippen molar-refractivity contribution >= 4 is 17.0 Å². The van der Waals surface area contributed by atoms with Gasteiger partial charge in [-0.2, -0.15) is 0 Å².